The van der Waals surface area contributed by atoms with E-state index in [1.54, 1.807) is 11.3 Å². The molecule has 1 heterocycles. The average molecular weight is 250 g/mol. The molecule has 2 rings (SSSR count). The number of hydrogen-bond donors (Lipinski definition) is 1. The maximum absolute atomic E-state index is 5.49. The van der Waals surface area contributed by atoms with Crippen molar-refractivity contribution in [1.82, 2.24) is 4.98 Å². The van der Waals surface area contributed by atoms with Gasteiger partial charge in [-0.1, -0.05) is 0 Å². The summed E-state index contributed by atoms with van der Waals surface area (Å²) in [5.41, 5.74) is 6.56. The molecule has 0 saturated heterocycles. The highest BCUT2D eigenvalue weighted by atomic mass is 32.1. The molecular formula is C13H18N2OS. The van der Waals surface area contributed by atoms with Crippen LogP contribution in [0.5, 0.6) is 5.75 Å². The number of nitrogens with zero attached hydrogens (tertiary/aromatic N) is 1. The highest BCUT2D eigenvalue weighted by Gasteiger charge is 2.04. The number of nitrogens with two attached hydrogens (primary N) is 1. The number of thiazole rings is 1. The van der Waals surface area contributed by atoms with Crippen LogP contribution >= 0.6 is 11.3 Å². The number of fused-ring (bicyclic) bond motifs is 1. The van der Waals surface area contributed by atoms with Crippen molar-refractivity contribution in [3.05, 3.63) is 23.2 Å². The lowest BCUT2D eigenvalue weighted by molar-refractivity contribution is 0.341. The Hall–Kier alpha value is -1.13. The predicted octanol–water partition coefficient (Wildman–Crippen LogP) is 2.98. The minimum Gasteiger partial charge on any atom is -0.494 e. The molecule has 2 aromatic rings. The minimum atomic E-state index is 0.702. The zero-order chi connectivity index (χ0) is 12.1. The van der Waals surface area contributed by atoms with E-state index in [4.69, 9.17) is 10.5 Å². The third kappa shape index (κ3) is 3.17. The standard InChI is InChI=1S/C13H18N2OS/c1-2-16-10-6-7-11-12(9-10)17-13(15-11)5-3-4-8-14/h6-7,9H,2-5,8,14H2,1H3. The summed E-state index contributed by atoms with van der Waals surface area (Å²) in [5.74, 6) is 0.928. The van der Waals surface area contributed by atoms with E-state index in [1.165, 1.54) is 9.71 Å². The number of aromatic nitrogens is 1. The first-order valence-electron chi connectivity index (χ1n) is 6.06. The Morgan fingerprint density at radius 2 is 2.24 bits per heavy atom. The lowest BCUT2D eigenvalue weighted by Gasteiger charge is -2.00. The molecule has 0 radical (unpaired) electrons. The fourth-order valence-electron chi connectivity index (χ4n) is 1.74. The molecule has 0 aliphatic rings. The predicted molar refractivity (Wildman–Crippen MR) is 72.8 cm³/mol. The fourth-order valence-corrected chi connectivity index (χ4v) is 2.77. The SMILES string of the molecule is CCOc1ccc2nc(CCCCN)sc2c1. The Morgan fingerprint density at radius 3 is 3.00 bits per heavy atom. The molecule has 0 unspecified atom stereocenters. The van der Waals surface area contributed by atoms with Crippen LogP contribution in [0.25, 0.3) is 10.2 Å². The molecule has 0 aliphatic carbocycles. The summed E-state index contributed by atoms with van der Waals surface area (Å²) in [5, 5.41) is 1.20. The Labute approximate surface area is 106 Å². The van der Waals surface area contributed by atoms with E-state index in [9.17, 15) is 0 Å². The van der Waals surface area contributed by atoms with E-state index < -0.39 is 0 Å². The van der Waals surface area contributed by atoms with Crippen molar-refractivity contribution in [2.75, 3.05) is 13.2 Å². The van der Waals surface area contributed by atoms with Crippen molar-refractivity contribution in [3.63, 3.8) is 0 Å². The summed E-state index contributed by atoms with van der Waals surface area (Å²) in [4.78, 5) is 4.61. The number of hydrogen-bond acceptors (Lipinski definition) is 4. The molecule has 0 fully saturated rings. The van der Waals surface area contributed by atoms with Crippen LogP contribution in [0, 0.1) is 0 Å². The second-order valence-electron chi connectivity index (χ2n) is 3.92. The van der Waals surface area contributed by atoms with Gasteiger partial charge in [0.2, 0.25) is 0 Å². The summed E-state index contributed by atoms with van der Waals surface area (Å²) in [7, 11) is 0. The van der Waals surface area contributed by atoms with Crippen molar-refractivity contribution < 1.29 is 4.74 Å². The molecule has 1 aromatic carbocycles. The Kier molecular flexibility index (Phi) is 4.34. The molecule has 17 heavy (non-hydrogen) atoms. The Balaban J connectivity index is 2.12. The van der Waals surface area contributed by atoms with E-state index in [-0.39, 0.29) is 0 Å². The molecule has 4 heteroatoms. The van der Waals surface area contributed by atoms with Gasteiger partial charge in [0.05, 0.1) is 21.8 Å². The normalized spacial score (nSPS) is 10.9. The van der Waals surface area contributed by atoms with Gasteiger partial charge in [0, 0.05) is 0 Å². The van der Waals surface area contributed by atoms with Crippen LogP contribution < -0.4 is 10.5 Å². The van der Waals surface area contributed by atoms with Gasteiger partial charge in [-0.05, 0) is 50.9 Å². The van der Waals surface area contributed by atoms with Crippen molar-refractivity contribution in [3.8, 4) is 5.75 Å². The molecule has 92 valence electrons. The van der Waals surface area contributed by atoms with E-state index in [0.29, 0.717) is 6.61 Å². The van der Waals surface area contributed by atoms with Crippen LogP contribution in [0.1, 0.15) is 24.8 Å². The van der Waals surface area contributed by atoms with E-state index in [2.05, 4.69) is 11.1 Å². The molecule has 0 amide bonds. The number of aryl methyl sites for hydroxylation is 1. The Bertz CT molecular complexity index is 481. The third-order valence-electron chi connectivity index (χ3n) is 2.56. The molecule has 0 aliphatic heterocycles. The van der Waals surface area contributed by atoms with Crippen LogP contribution in [-0.2, 0) is 6.42 Å². The maximum Gasteiger partial charge on any atom is 0.120 e. The molecule has 0 bridgehead atoms. The highest BCUT2D eigenvalue weighted by Crippen LogP contribution is 2.27. The molecule has 1 aromatic heterocycles. The molecule has 0 atom stereocenters. The van der Waals surface area contributed by atoms with Crippen LogP contribution in [0.2, 0.25) is 0 Å². The molecule has 0 spiro atoms. The van der Waals surface area contributed by atoms with Crippen molar-refractivity contribution in [2.45, 2.75) is 26.2 Å². The van der Waals surface area contributed by atoms with Gasteiger partial charge in [0.1, 0.15) is 5.75 Å². The van der Waals surface area contributed by atoms with Crippen LogP contribution in [-0.4, -0.2) is 18.1 Å². The zero-order valence-electron chi connectivity index (χ0n) is 10.1. The van der Waals surface area contributed by atoms with E-state index in [0.717, 1.165) is 37.1 Å². The first kappa shape index (κ1) is 12.3. The number of rotatable bonds is 6. The lowest BCUT2D eigenvalue weighted by atomic mass is 10.2. The number of unbranched alkanes of at least 4 members (excludes halogenated alkanes) is 1. The zero-order valence-corrected chi connectivity index (χ0v) is 10.9. The molecule has 3 nitrogen and oxygen atoms in total. The van der Waals surface area contributed by atoms with Crippen molar-refractivity contribution in [2.24, 2.45) is 5.73 Å². The first-order chi connectivity index (χ1) is 8.33. The highest BCUT2D eigenvalue weighted by molar-refractivity contribution is 7.18. The first-order valence-corrected chi connectivity index (χ1v) is 6.87. The van der Waals surface area contributed by atoms with E-state index in [1.807, 2.05) is 19.1 Å². The minimum absolute atomic E-state index is 0.702. The van der Waals surface area contributed by atoms with Gasteiger partial charge in [-0.15, -0.1) is 11.3 Å². The van der Waals surface area contributed by atoms with Gasteiger partial charge >= 0.3 is 0 Å². The average Bonchev–Trinajstić information content (AvgIpc) is 2.72. The topological polar surface area (TPSA) is 48.1 Å². The number of benzene rings is 1. The smallest absolute Gasteiger partial charge is 0.120 e. The quantitative estimate of drug-likeness (QED) is 0.802. The van der Waals surface area contributed by atoms with Gasteiger partial charge in [-0.3, -0.25) is 0 Å². The fraction of sp³-hybridized carbons (Fsp3) is 0.462. The summed E-state index contributed by atoms with van der Waals surface area (Å²) in [6, 6.07) is 6.08. The van der Waals surface area contributed by atoms with Gasteiger partial charge in [-0.25, -0.2) is 4.98 Å². The monoisotopic (exact) mass is 250 g/mol. The van der Waals surface area contributed by atoms with Crippen molar-refractivity contribution >= 4 is 21.6 Å². The van der Waals surface area contributed by atoms with Crippen LogP contribution in [0.15, 0.2) is 18.2 Å². The Morgan fingerprint density at radius 1 is 1.35 bits per heavy atom. The van der Waals surface area contributed by atoms with Crippen LogP contribution in [0.3, 0.4) is 0 Å². The number of ether oxygens (including phenoxy) is 1. The summed E-state index contributed by atoms with van der Waals surface area (Å²) in [6.07, 6.45) is 3.22. The molecule has 0 saturated carbocycles. The van der Waals surface area contributed by atoms with E-state index >= 15 is 0 Å². The van der Waals surface area contributed by atoms with Gasteiger partial charge in [0.15, 0.2) is 0 Å². The van der Waals surface area contributed by atoms with Gasteiger partial charge < -0.3 is 10.5 Å². The van der Waals surface area contributed by atoms with Gasteiger partial charge in [0.25, 0.3) is 0 Å². The third-order valence-corrected chi connectivity index (χ3v) is 3.64. The lowest BCUT2D eigenvalue weighted by Crippen LogP contribution is -1.98. The molecule has 2 N–H and O–H groups in total. The summed E-state index contributed by atoms with van der Waals surface area (Å²) < 4.78 is 6.69. The second kappa shape index (κ2) is 5.98. The second-order valence-corrected chi connectivity index (χ2v) is 5.03. The summed E-state index contributed by atoms with van der Waals surface area (Å²) in [6.45, 7) is 3.46. The van der Waals surface area contributed by atoms with Crippen LogP contribution in [0.4, 0.5) is 0 Å². The molecular weight excluding hydrogens is 232 g/mol. The largest absolute Gasteiger partial charge is 0.494 e. The summed E-state index contributed by atoms with van der Waals surface area (Å²) >= 11 is 1.76. The van der Waals surface area contributed by atoms with Gasteiger partial charge in [-0.2, -0.15) is 0 Å². The van der Waals surface area contributed by atoms with Crippen molar-refractivity contribution in [1.29, 1.82) is 0 Å². The maximum atomic E-state index is 5.49.